The summed E-state index contributed by atoms with van der Waals surface area (Å²) < 4.78 is 0. The molecule has 0 fully saturated rings. The molecule has 0 radical (unpaired) electrons. The summed E-state index contributed by atoms with van der Waals surface area (Å²) in [6.45, 7) is 2.12. The second-order valence-electron chi connectivity index (χ2n) is 3.17. The Morgan fingerprint density at radius 2 is 1.86 bits per heavy atom. The van der Waals surface area contributed by atoms with Crippen LogP contribution in [0, 0.1) is 0 Å². The van der Waals surface area contributed by atoms with Crippen molar-refractivity contribution in [1.29, 1.82) is 0 Å². The Morgan fingerprint density at radius 1 is 1.14 bits per heavy atom. The Hall–Kier alpha value is -1.50. The number of anilines is 1. The van der Waals surface area contributed by atoms with Crippen LogP contribution in [0.4, 0.5) is 5.69 Å². The molecule has 0 aliphatic heterocycles. The van der Waals surface area contributed by atoms with Gasteiger partial charge in [0.25, 0.3) is 0 Å². The minimum atomic E-state index is 0.872. The van der Waals surface area contributed by atoms with Crippen molar-refractivity contribution in [3.05, 3.63) is 54.1 Å². The van der Waals surface area contributed by atoms with E-state index in [1.165, 1.54) is 5.56 Å². The molecule has 0 aromatic heterocycles. The van der Waals surface area contributed by atoms with Gasteiger partial charge in [0.05, 0.1) is 0 Å². The minimum Gasteiger partial charge on any atom is -0.398 e. The lowest BCUT2D eigenvalue weighted by atomic mass is 10.1. The molecule has 74 valence electrons. The van der Waals surface area contributed by atoms with E-state index in [9.17, 15) is 0 Å². The van der Waals surface area contributed by atoms with E-state index < -0.39 is 0 Å². The monoisotopic (exact) mass is 187 g/mol. The lowest BCUT2D eigenvalue weighted by molar-refractivity contribution is 1.22. The molecule has 0 amide bonds. The summed E-state index contributed by atoms with van der Waals surface area (Å²) in [5.41, 5.74) is 7.87. The summed E-state index contributed by atoms with van der Waals surface area (Å²) in [6, 6.07) is 7.97. The topological polar surface area (TPSA) is 26.0 Å². The molecule has 0 saturated carbocycles. The predicted molar refractivity (Wildman–Crippen MR) is 63.1 cm³/mol. The molecule has 1 aromatic carbocycles. The molecule has 0 saturated heterocycles. The van der Waals surface area contributed by atoms with Gasteiger partial charge in [-0.05, 0) is 24.5 Å². The molecule has 14 heavy (non-hydrogen) atoms. The van der Waals surface area contributed by atoms with Gasteiger partial charge in [-0.2, -0.15) is 0 Å². The molecular weight excluding hydrogens is 170 g/mol. The van der Waals surface area contributed by atoms with Gasteiger partial charge in [0, 0.05) is 5.69 Å². The number of nitrogen functional groups attached to an aromatic ring is 1. The quantitative estimate of drug-likeness (QED) is 0.568. The maximum absolute atomic E-state index is 5.81. The summed E-state index contributed by atoms with van der Waals surface area (Å²) in [4.78, 5) is 0. The van der Waals surface area contributed by atoms with E-state index >= 15 is 0 Å². The predicted octanol–water partition coefficient (Wildman–Crippen LogP) is 3.33. The highest BCUT2D eigenvalue weighted by Gasteiger charge is 1.92. The summed E-state index contributed by atoms with van der Waals surface area (Å²) in [6.07, 6.45) is 10.4. The van der Waals surface area contributed by atoms with Crippen LogP contribution in [-0.2, 0) is 6.42 Å². The van der Waals surface area contributed by atoms with Crippen molar-refractivity contribution in [3.63, 3.8) is 0 Å². The van der Waals surface area contributed by atoms with Crippen molar-refractivity contribution in [1.82, 2.24) is 0 Å². The van der Waals surface area contributed by atoms with E-state index in [1.807, 2.05) is 18.2 Å². The Balaban J connectivity index is 2.49. The van der Waals surface area contributed by atoms with Crippen LogP contribution in [0.5, 0.6) is 0 Å². The molecule has 0 heterocycles. The van der Waals surface area contributed by atoms with Crippen molar-refractivity contribution in [2.45, 2.75) is 19.8 Å². The number of hydrogen-bond acceptors (Lipinski definition) is 1. The molecule has 1 aromatic rings. The molecule has 0 bridgehead atoms. The molecule has 1 heteroatoms. The SMILES string of the molecule is CC/C=C\C=C/Cc1ccccc1N. The van der Waals surface area contributed by atoms with Crippen LogP contribution < -0.4 is 5.73 Å². The summed E-state index contributed by atoms with van der Waals surface area (Å²) in [5, 5.41) is 0. The first-order valence-electron chi connectivity index (χ1n) is 4.99. The Kier molecular flexibility index (Phi) is 4.56. The van der Waals surface area contributed by atoms with Gasteiger partial charge >= 0.3 is 0 Å². The van der Waals surface area contributed by atoms with Crippen molar-refractivity contribution in [2.24, 2.45) is 0 Å². The number of rotatable bonds is 4. The number of allylic oxidation sites excluding steroid dienone is 4. The largest absolute Gasteiger partial charge is 0.398 e. The van der Waals surface area contributed by atoms with Gasteiger partial charge in [-0.25, -0.2) is 0 Å². The number of para-hydroxylation sites is 1. The fourth-order valence-corrected chi connectivity index (χ4v) is 1.21. The van der Waals surface area contributed by atoms with Crippen LogP contribution in [0.15, 0.2) is 48.6 Å². The van der Waals surface area contributed by atoms with Crippen LogP contribution in [0.2, 0.25) is 0 Å². The standard InChI is InChI=1S/C13H17N/c1-2-3-4-5-6-9-12-10-7-8-11-13(12)14/h3-8,10-11H,2,9,14H2,1H3/b4-3-,6-5-. The highest BCUT2D eigenvalue weighted by Crippen LogP contribution is 2.11. The number of nitrogens with two attached hydrogens (primary N) is 1. The zero-order valence-corrected chi connectivity index (χ0v) is 8.61. The molecule has 0 unspecified atom stereocenters. The minimum absolute atomic E-state index is 0.872. The first kappa shape index (κ1) is 10.6. The molecule has 2 N–H and O–H groups in total. The van der Waals surface area contributed by atoms with Crippen molar-refractivity contribution < 1.29 is 0 Å². The van der Waals surface area contributed by atoms with Gasteiger partial charge in [0.15, 0.2) is 0 Å². The molecular formula is C13H17N. The van der Waals surface area contributed by atoms with Crippen LogP contribution >= 0.6 is 0 Å². The first-order chi connectivity index (χ1) is 6.84. The summed E-state index contributed by atoms with van der Waals surface area (Å²) in [5.74, 6) is 0. The lowest BCUT2D eigenvalue weighted by Gasteiger charge is -1.99. The third-order valence-electron chi connectivity index (χ3n) is 2.01. The maximum Gasteiger partial charge on any atom is 0.0349 e. The highest BCUT2D eigenvalue weighted by atomic mass is 14.5. The zero-order valence-electron chi connectivity index (χ0n) is 8.61. The van der Waals surface area contributed by atoms with E-state index in [4.69, 9.17) is 5.73 Å². The molecule has 0 spiro atoms. The molecule has 1 rings (SSSR count). The first-order valence-corrected chi connectivity index (χ1v) is 4.99. The van der Waals surface area contributed by atoms with Gasteiger partial charge in [-0.1, -0.05) is 49.4 Å². The Labute approximate surface area is 85.9 Å². The summed E-state index contributed by atoms with van der Waals surface area (Å²) >= 11 is 0. The Bertz CT molecular complexity index is 324. The third-order valence-corrected chi connectivity index (χ3v) is 2.01. The fraction of sp³-hybridized carbons (Fsp3) is 0.231. The molecule has 0 aliphatic rings. The van der Waals surface area contributed by atoms with Crippen molar-refractivity contribution in [2.75, 3.05) is 5.73 Å². The third kappa shape index (κ3) is 3.48. The lowest BCUT2D eigenvalue weighted by Crippen LogP contribution is -1.91. The van der Waals surface area contributed by atoms with Crippen LogP contribution in [0.3, 0.4) is 0 Å². The van der Waals surface area contributed by atoms with Gasteiger partial charge < -0.3 is 5.73 Å². The normalized spacial score (nSPS) is 11.5. The van der Waals surface area contributed by atoms with E-state index in [-0.39, 0.29) is 0 Å². The van der Waals surface area contributed by atoms with Crippen LogP contribution in [-0.4, -0.2) is 0 Å². The second kappa shape index (κ2) is 6.03. The van der Waals surface area contributed by atoms with Gasteiger partial charge in [-0.3, -0.25) is 0 Å². The van der Waals surface area contributed by atoms with Gasteiger partial charge in [-0.15, -0.1) is 0 Å². The van der Waals surface area contributed by atoms with Gasteiger partial charge in [0.1, 0.15) is 0 Å². The smallest absolute Gasteiger partial charge is 0.0349 e. The maximum atomic E-state index is 5.81. The van der Waals surface area contributed by atoms with Gasteiger partial charge in [0.2, 0.25) is 0 Å². The van der Waals surface area contributed by atoms with Crippen LogP contribution in [0.1, 0.15) is 18.9 Å². The fourth-order valence-electron chi connectivity index (χ4n) is 1.21. The molecule has 0 aliphatic carbocycles. The van der Waals surface area contributed by atoms with Crippen LogP contribution in [0.25, 0.3) is 0 Å². The molecule has 1 nitrogen and oxygen atoms in total. The molecule has 0 atom stereocenters. The Morgan fingerprint density at radius 3 is 2.57 bits per heavy atom. The summed E-state index contributed by atoms with van der Waals surface area (Å²) in [7, 11) is 0. The number of benzene rings is 1. The average molecular weight is 187 g/mol. The van der Waals surface area contributed by atoms with E-state index in [0.29, 0.717) is 0 Å². The average Bonchev–Trinajstić information content (AvgIpc) is 2.20. The van der Waals surface area contributed by atoms with E-state index in [1.54, 1.807) is 0 Å². The van der Waals surface area contributed by atoms with Crippen molar-refractivity contribution >= 4 is 5.69 Å². The zero-order chi connectivity index (χ0) is 10.2. The highest BCUT2D eigenvalue weighted by molar-refractivity contribution is 5.47. The van der Waals surface area contributed by atoms with E-state index in [2.05, 4.69) is 37.3 Å². The van der Waals surface area contributed by atoms with E-state index in [0.717, 1.165) is 18.5 Å². The van der Waals surface area contributed by atoms with Crippen molar-refractivity contribution in [3.8, 4) is 0 Å². The second-order valence-corrected chi connectivity index (χ2v) is 3.17. The number of hydrogen-bond donors (Lipinski definition) is 1.